The number of ether oxygens (including phenoxy) is 1. The molecule has 0 spiro atoms. The predicted octanol–water partition coefficient (Wildman–Crippen LogP) is 4.36. The van der Waals surface area contributed by atoms with E-state index in [-0.39, 0.29) is 57.8 Å². The first-order valence-corrected chi connectivity index (χ1v) is 4.21. The molecule has 17 heavy (non-hydrogen) atoms. The van der Waals surface area contributed by atoms with E-state index in [1.807, 2.05) is 0 Å². The summed E-state index contributed by atoms with van der Waals surface area (Å²) in [5.41, 5.74) is 0. The van der Waals surface area contributed by atoms with Crippen molar-refractivity contribution in [3.8, 4) is 0 Å². The fraction of sp³-hybridized carbons (Fsp3) is 1.00. The van der Waals surface area contributed by atoms with Crippen molar-refractivity contribution in [1.29, 1.82) is 0 Å². The Bertz CT molecular complexity index is 46.8. The molecule has 1 fully saturated rings. The van der Waals surface area contributed by atoms with Gasteiger partial charge in [0.2, 0.25) is 0 Å². The normalized spacial score (nSPS) is 11.6. The lowest BCUT2D eigenvalue weighted by Crippen LogP contribution is -1.89. The summed E-state index contributed by atoms with van der Waals surface area (Å²) in [6.45, 7) is 1.75. The van der Waals surface area contributed by atoms with Crippen LogP contribution in [0.3, 0.4) is 0 Å². The molecular formula is C14H42O3. The van der Waals surface area contributed by atoms with Crippen LogP contribution in [0.4, 0.5) is 0 Å². The van der Waals surface area contributed by atoms with E-state index >= 15 is 0 Å². The zero-order valence-corrected chi connectivity index (χ0v) is 6.96. The van der Waals surface area contributed by atoms with Gasteiger partial charge in [-0.1, -0.05) is 57.4 Å². The summed E-state index contributed by atoms with van der Waals surface area (Å²) in [4.78, 5) is 0. The highest BCUT2D eigenvalue weighted by Crippen LogP contribution is 2.04. The van der Waals surface area contributed by atoms with E-state index in [2.05, 4.69) is 0 Å². The lowest BCUT2D eigenvalue weighted by Gasteiger charge is -1.91. The van der Waals surface area contributed by atoms with Gasteiger partial charge in [-0.15, -0.1) is 0 Å². The molecule has 0 aromatic rings. The average Bonchev–Trinajstić information content (AvgIpc) is 2.35. The van der Waals surface area contributed by atoms with Crippen LogP contribution in [-0.4, -0.2) is 36.6 Å². The minimum absolute atomic E-state index is 0. The van der Waals surface area contributed by atoms with Gasteiger partial charge in [-0.05, 0) is 12.8 Å². The summed E-state index contributed by atoms with van der Waals surface area (Å²) in [6.07, 6.45) is 5.31. The summed E-state index contributed by atoms with van der Waals surface area (Å²) < 4.78 is 5.19. The molecule has 0 atom stereocenters. The van der Waals surface area contributed by atoms with Gasteiger partial charge in [-0.3, -0.25) is 0 Å². The van der Waals surface area contributed by atoms with Gasteiger partial charge in [-0.25, -0.2) is 0 Å². The maximum Gasteiger partial charge on any atom is 0.0662 e. The second-order valence-corrected chi connectivity index (χ2v) is 2.47. The van der Waals surface area contributed by atoms with E-state index in [0.29, 0.717) is 0 Å². The Hall–Kier alpha value is -0.120. The molecule has 1 heterocycles. The van der Waals surface area contributed by atoms with Crippen LogP contribution in [-0.2, 0) is 4.74 Å². The van der Waals surface area contributed by atoms with Crippen molar-refractivity contribution < 1.29 is 14.9 Å². The molecule has 1 aliphatic rings. The maximum atomic E-state index is 7.62. The van der Waals surface area contributed by atoms with Crippen molar-refractivity contribution in [1.82, 2.24) is 0 Å². The molecular weight excluding hydrogens is 216 g/mol. The number of aliphatic hydroxyl groups excluding tert-OH is 2. The molecule has 0 aromatic heterocycles. The second kappa shape index (κ2) is 44.6. The van der Waals surface area contributed by atoms with Crippen molar-refractivity contribution in [2.75, 3.05) is 26.4 Å². The third-order valence-corrected chi connectivity index (χ3v) is 1.43. The van der Waals surface area contributed by atoms with Crippen molar-refractivity contribution >= 4 is 0 Å². The van der Waals surface area contributed by atoms with Gasteiger partial charge in [0.25, 0.3) is 0 Å². The van der Waals surface area contributed by atoms with Crippen LogP contribution < -0.4 is 0 Å². The minimum atomic E-state index is -0.125. The largest absolute Gasteiger partial charge is 0.394 e. The van der Waals surface area contributed by atoms with Crippen LogP contribution in [0.15, 0.2) is 0 Å². The van der Waals surface area contributed by atoms with Gasteiger partial charge in [-0.2, -0.15) is 0 Å². The molecule has 0 bridgehead atoms. The highest BCUT2D eigenvalue weighted by atomic mass is 16.5. The molecule has 0 radical (unpaired) electrons. The average molecular weight is 258 g/mol. The third kappa shape index (κ3) is 49.3. The molecule has 3 heteroatoms. The fourth-order valence-electron chi connectivity index (χ4n) is 0.864. The number of hydrogen-bond acceptors (Lipinski definition) is 3. The van der Waals surface area contributed by atoms with Crippen molar-refractivity contribution in [2.24, 2.45) is 0 Å². The van der Waals surface area contributed by atoms with Crippen LogP contribution in [0, 0.1) is 0 Å². The molecule has 0 aromatic carbocycles. The zero-order valence-electron chi connectivity index (χ0n) is 6.96. The van der Waals surface area contributed by atoms with Crippen LogP contribution in [0.25, 0.3) is 0 Å². The van der Waals surface area contributed by atoms with Crippen LogP contribution in [0.2, 0.25) is 0 Å². The first-order chi connectivity index (χ1) is 5.41. The SMILES string of the molecule is C.C.C.C.C.C.C1CCCOCC1.OCCO. The Balaban J connectivity index is -0.0000000186. The monoisotopic (exact) mass is 258 g/mol. The highest BCUT2D eigenvalue weighted by molar-refractivity contribution is 4.46. The molecule has 1 rings (SSSR count). The molecule has 0 saturated carbocycles. The predicted molar refractivity (Wildman–Crippen MR) is 83.8 cm³/mol. The summed E-state index contributed by atoms with van der Waals surface area (Å²) in [6, 6.07) is 0. The van der Waals surface area contributed by atoms with Gasteiger partial charge in [0.15, 0.2) is 0 Å². The molecule has 3 nitrogen and oxygen atoms in total. The van der Waals surface area contributed by atoms with Gasteiger partial charge >= 0.3 is 0 Å². The minimum Gasteiger partial charge on any atom is -0.394 e. The molecule has 2 N–H and O–H groups in total. The molecule has 0 unspecified atom stereocenters. The summed E-state index contributed by atoms with van der Waals surface area (Å²) in [5.74, 6) is 0. The Morgan fingerprint density at radius 1 is 0.588 bits per heavy atom. The molecule has 1 saturated heterocycles. The van der Waals surface area contributed by atoms with Gasteiger partial charge in [0, 0.05) is 13.2 Å². The van der Waals surface area contributed by atoms with E-state index in [0.717, 1.165) is 13.2 Å². The van der Waals surface area contributed by atoms with Crippen LogP contribution >= 0.6 is 0 Å². The van der Waals surface area contributed by atoms with Crippen LogP contribution in [0.5, 0.6) is 0 Å². The van der Waals surface area contributed by atoms with E-state index in [9.17, 15) is 0 Å². The van der Waals surface area contributed by atoms with E-state index < -0.39 is 0 Å². The first-order valence-electron chi connectivity index (χ1n) is 4.21. The molecule has 0 aliphatic carbocycles. The number of rotatable bonds is 1. The fourth-order valence-corrected chi connectivity index (χ4v) is 0.864. The van der Waals surface area contributed by atoms with Crippen molar-refractivity contribution in [3.05, 3.63) is 0 Å². The Morgan fingerprint density at radius 2 is 0.882 bits per heavy atom. The molecule has 116 valence electrons. The van der Waals surface area contributed by atoms with Gasteiger partial charge < -0.3 is 14.9 Å². The zero-order chi connectivity index (χ0) is 8.36. The van der Waals surface area contributed by atoms with Crippen molar-refractivity contribution in [2.45, 2.75) is 70.2 Å². The maximum absolute atomic E-state index is 7.62. The number of hydrogen-bond donors (Lipinski definition) is 2. The second-order valence-electron chi connectivity index (χ2n) is 2.47. The number of aliphatic hydroxyl groups is 2. The highest BCUT2D eigenvalue weighted by Gasteiger charge is 1.95. The first kappa shape index (κ1) is 43.6. The van der Waals surface area contributed by atoms with Crippen molar-refractivity contribution in [3.63, 3.8) is 0 Å². The summed E-state index contributed by atoms with van der Waals surface area (Å²) in [7, 11) is 0. The van der Waals surface area contributed by atoms with E-state index in [1.165, 1.54) is 25.7 Å². The van der Waals surface area contributed by atoms with E-state index in [4.69, 9.17) is 14.9 Å². The Morgan fingerprint density at radius 3 is 1.12 bits per heavy atom. The Kier molecular flexibility index (Phi) is 114. The summed E-state index contributed by atoms with van der Waals surface area (Å²) >= 11 is 0. The standard InChI is InChI=1S/C6H12O.C2H6O2.6CH4/c1-2-4-6-7-5-3-1;3-1-2-4;;;;;;/h1-6H2;3-4H,1-2H2;6*1H4. The molecule has 1 aliphatic heterocycles. The Labute approximate surface area is 112 Å². The van der Waals surface area contributed by atoms with Gasteiger partial charge in [0.1, 0.15) is 0 Å². The topological polar surface area (TPSA) is 49.7 Å². The van der Waals surface area contributed by atoms with Crippen LogP contribution in [0.1, 0.15) is 70.2 Å². The quantitative estimate of drug-likeness (QED) is 0.734. The van der Waals surface area contributed by atoms with Gasteiger partial charge in [0.05, 0.1) is 13.2 Å². The van der Waals surface area contributed by atoms with E-state index in [1.54, 1.807) is 0 Å². The summed E-state index contributed by atoms with van der Waals surface area (Å²) in [5, 5.41) is 15.2. The molecule has 0 amide bonds. The lowest BCUT2D eigenvalue weighted by atomic mass is 10.2. The smallest absolute Gasteiger partial charge is 0.0662 e. The third-order valence-electron chi connectivity index (χ3n) is 1.43. The lowest BCUT2D eigenvalue weighted by molar-refractivity contribution is 0.144.